The van der Waals surface area contributed by atoms with Crippen LogP contribution in [0.1, 0.15) is 50.5 Å². The van der Waals surface area contributed by atoms with Crippen LogP contribution in [-0.4, -0.2) is 27.6 Å². The van der Waals surface area contributed by atoms with Crippen molar-refractivity contribution in [3.63, 3.8) is 0 Å². The molecule has 1 aliphatic carbocycles. The number of carbonyl (C=O) groups excluding carboxylic acids is 2. The van der Waals surface area contributed by atoms with Crippen molar-refractivity contribution in [3.8, 4) is 0 Å². The Labute approximate surface area is 187 Å². The second-order valence-corrected chi connectivity index (χ2v) is 10.0. The number of hydrogen-bond acceptors (Lipinski definition) is 6. The van der Waals surface area contributed by atoms with Crippen molar-refractivity contribution >= 4 is 63.1 Å². The molecule has 1 aromatic heterocycles. The number of thioether (sulfide) groups is 1. The number of benzene rings is 1. The Morgan fingerprint density at radius 2 is 2.07 bits per heavy atom. The van der Waals surface area contributed by atoms with E-state index in [1.807, 2.05) is 6.07 Å². The van der Waals surface area contributed by atoms with Crippen LogP contribution in [0, 0.1) is 0 Å². The fourth-order valence-corrected chi connectivity index (χ4v) is 6.06. The van der Waals surface area contributed by atoms with Crippen molar-refractivity contribution in [1.82, 2.24) is 10.2 Å². The van der Waals surface area contributed by atoms with Gasteiger partial charge in [-0.05, 0) is 30.9 Å². The lowest BCUT2D eigenvalue weighted by molar-refractivity contribution is -0.119. The molecule has 1 amide bonds. The first-order valence-electron chi connectivity index (χ1n) is 9.50. The van der Waals surface area contributed by atoms with Crippen LogP contribution in [-0.2, 0) is 9.59 Å². The number of allylic oxidation sites excluding steroid dienone is 2. The zero-order valence-corrected chi connectivity index (χ0v) is 18.9. The van der Waals surface area contributed by atoms with Crippen molar-refractivity contribution in [2.24, 2.45) is 0 Å². The summed E-state index contributed by atoms with van der Waals surface area (Å²) < 4.78 is 0.832. The summed E-state index contributed by atoms with van der Waals surface area (Å²) >= 11 is 15.7. The number of halogens is 2. The van der Waals surface area contributed by atoms with E-state index in [0.717, 1.165) is 27.8 Å². The third kappa shape index (κ3) is 3.98. The minimum Gasteiger partial charge on any atom is -0.294 e. The molecule has 0 spiro atoms. The first-order valence-corrected chi connectivity index (χ1v) is 12.1. The van der Waals surface area contributed by atoms with E-state index < -0.39 is 0 Å². The zero-order chi connectivity index (χ0) is 20.5. The van der Waals surface area contributed by atoms with Gasteiger partial charge in [0.25, 0.3) is 0 Å². The summed E-state index contributed by atoms with van der Waals surface area (Å²) in [4.78, 5) is 27.7. The second kappa shape index (κ2) is 8.76. The standard InChI is InChI=1S/C20H19Cl2N3O2S2/c1-2-9-28-20-24-23-19(29-20)25-14-7-4-8-15(26)17(14)12(10-16(25)27)11-5-3-6-13(21)18(11)22/h3,5-6,12H,2,4,7-10H2,1H3. The van der Waals surface area contributed by atoms with E-state index in [2.05, 4.69) is 17.1 Å². The maximum atomic E-state index is 13.2. The maximum Gasteiger partial charge on any atom is 0.234 e. The third-order valence-electron chi connectivity index (χ3n) is 5.05. The summed E-state index contributed by atoms with van der Waals surface area (Å²) in [5.41, 5.74) is 2.13. The molecule has 152 valence electrons. The van der Waals surface area contributed by atoms with Gasteiger partial charge in [0.15, 0.2) is 10.1 Å². The van der Waals surface area contributed by atoms with Gasteiger partial charge in [0.1, 0.15) is 0 Å². The fourth-order valence-electron chi connectivity index (χ4n) is 3.81. The topological polar surface area (TPSA) is 63.2 Å². The van der Waals surface area contributed by atoms with Crippen molar-refractivity contribution in [2.75, 3.05) is 10.7 Å². The van der Waals surface area contributed by atoms with Gasteiger partial charge in [0, 0.05) is 35.8 Å². The molecule has 9 heteroatoms. The Bertz CT molecular complexity index is 1010. The number of carbonyl (C=O) groups is 2. The lowest BCUT2D eigenvalue weighted by Crippen LogP contribution is -2.40. The monoisotopic (exact) mass is 467 g/mol. The summed E-state index contributed by atoms with van der Waals surface area (Å²) in [7, 11) is 0. The number of nitrogens with zero attached hydrogens (tertiary/aromatic N) is 3. The minimum absolute atomic E-state index is 0.0647. The highest BCUT2D eigenvalue weighted by molar-refractivity contribution is 8.01. The SMILES string of the molecule is CCCSc1nnc(N2C(=O)CC(c3cccc(Cl)c3Cl)C3=C2CCCC3=O)s1. The van der Waals surface area contributed by atoms with E-state index in [-0.39, 0.29) is 24.0 Å². The number of ketones is 1. The Morgan fingerprint density at radius 1 is 1.24 bits per heavy atom. The van der Waals surface area contributed by atoms with Gasteiger partial charge in [-0.25, -0.2) is 0 Å². The lowest BCUT2D eigenvalue weighted by atomic mass is 9.77. The fraction of sp³-hybridized carbons (Fsp3) is 0.400. The van der Waals surface area contributed by atoms with Gasteiger partial charge in [-0.2, -0.15) is 0 Å². The van der Waals surface area contributed by atoms with Crippen LogP contribution in [0.15, 0.2) is 33.8 Å². The summed E-state index contributed by atoms with van der Waals surface area (Å²) in [5.74, 6) is 0.539. The molecule has 29 heavy (non-hydrogen) atoms. The molecule has 0 saturated carbocycles. The molecule has 2 heterocycles. The normalized spacial score (nSPS) is 19.7. The Balaban J connectivity index is 1.79. The van der Waals surface area contributed by atoms with E-state index in [1.54, 1.807) is 28.8 Å². The molecule has 1 unspecified atom stereocenters. The molecule has 0 bridgehead atoms. The molecule has 1 aliphatic heterocycles. The van der Waals surface area contributed by atoms with Gasteiger partial charge in [0.2, 0.25) is 11.0 Å². The number of rotatable bonds is 5. The van der Waals surface area contributed by atoms with Crippen molar-refractivity contribution < 1.29 is 9.59 Å². The molecule has 0 saturated heterocycles. The van der Waals surface area contributed by atoms with Gasteiger partial charge in [-0.3, -0.25) is 14.5 Å². The smallest absolute Gasteiger partial charge is 0.234 e. The van der Waals surface area contributed by atoms with Crippen LogP contribution in [0.3, 0.4) is 0 Å². The van der Waals surface area contributed by atoms with Gasteiger partial charge in [0.05, 0.1) is 10.0 Å². The van der Waals surface area contributed by atoms with Crippen LogP contribution in [0.2, 0.25) is 10.0 Å². The number of anilines is 1. The van der Waals surface area contributed by atoms with Crippen LogP contribution in [0.5, 0.6) is 0 Å². The average molecular weight is 468 g/mol. The van der Waals surface area contributed by atoms with E-state index >= 15 is 0 Å². The highest BCUT2D eigenvalue weighted by atomic mass is 35.5. The Hall–Kier alpha value is -1.41. The highest BCUT2D eigenvalue weighted by Crippen LogP contribution is 2.46. The Kier molecular flexibility index (Phi) is 6.30. The summed E-state index contributed by atoms with van der Waals surface area (Å²) in [6, 6.07) is 5.35. The number of Topliss-reactive ketones (excluding diaryl/α,β-unsaturated/α-hetero) is 1. The van der Waals surface area contributed by atoms with Crippen molar-refractivity contribution in [3.05, 3.63) is 45.1 Å². The first kappa shape index (κ1) is 20.8. The molecule has 0 N–H and O–H groups in total. The predicted molar refractivity (Wildman–Crippen MR) is 118 cm³/mol. The van der Waals surface area contributed by atoms with Crippen LogP contribution in [0.25, 0.3) is 0 Å². The molecule has 1 atom stereocenters. The molecule has 2 aliphatic rings. The minimum atomic E-state index is -0.380. The molecule has 1 aromatic carbocycles. The van der Waals surface area contributed by atoms with Crippen molar-refractivity contribution in [2.45, 2.75) is 49.3 Å². The van der Waals surface area contributed by atoms with E-state index in [9.17, 15) is 9.59 Å². The summed E-state index contributed by atoms with van der Waals surface area (Å²) in [5, 5.41) is 9.82. The highest BCUT2D eigenvalue weighted by Gasteiger charge is 2.41. The van der Waals surface area contributed by atoms with Crippen LogP contribution in [0.4, 0.5) is 5.13 Å². The quantitative estimate of drug-likeness (QED) is 0.405. The van der Waals surface area contributed by atoms with Crippen LogP contribution >= 0.6 is 46.3 Å². The van der Waals surface area contributed by atoms with Gasteiger partial charge in [-0.1, -0.05) is 65.4 Å². The molecule has 0 radical (unpaired) electrons. The lowest BCUT2D eigenvalue weighted by Gasteiger charge is -2.37. The second-order valence-electron chi connectivity index (χ2n) is 6.97. The van der Waals surface area contributed by atoms with Gasteiger partial charge in [-0.15, -0.1) is 10.2 Å². The largest absolute Gasteiger partial charge is 0.294 e. The molecule has 0 fully saturated rings. The number of hydrogen-bond donors (Lipinski definition) is 0. The summed E-state index contributed by atoms with van der Waals surface area (Å²) in [6.07, 6.45) is 3.03. The summed E-state index contributed by atoms with van der Waals surface area (Å²) in [6.45, 7) is 2.11. The molecule has 4 rings (SSSR count). The molecular weight excluding hydrogens is 449 g/mol. The van der Waals surface area contributed by atoms with Crippen LogP contribution < -0.4 is 4.90 Å². The molecule has 5 nitrogen and oxygen atoms in total. The Morgan fingerprint density at radius 3 is 2.86 bits per heavy atom. The molecule has 2 aromatic rings. The van der Waals surface area contributed by atoms with E-state index in [1.165, 1.54) is 11.3 Å². The zero-order valence-electron chi connectivity index (χ0n) is 15.8. The van der Waals surface area contributed by atoms with E-state index in [4.69, 9.17) is 23.2 Å². The average Bonchev–Trinajstić information content (AvgIpc) is 3.16. The number of aromatic nitrogens is 2. The van der Waals surface area contributed by atoms with Crippen molar-refractivity contribution in [1.29, 1.82) is 0 Å². The third-order valence-corrected chi connectivity index (χ3v) is 8.13. The predicted octanol–water partition coefficient (Wildman–Crippen LogP) is 5.87. The van der Waals surface area contributed by atoms with Gasteiger partial charge < -0.3 is 0 Å². The first-order chi connectivity index (χ1) is 14.0. The maximum absolute atomic E-state index is 13.2. The number of amides is 1. The van der Waals surface area contributed by atoms with Gasteiger partial charge >= 0.3 is 0 Å². The van der Waals surface area contributed by atoms with E-state index in [0.29, 0.717) is 40.0 Å². The molecular formula is C20H19Cl2N3O2S2.